The average Bonchev–Trinajstić information content (AvgIpc) is 2.43. The van der Waals surface area contributed by atoms with Gasteiger partial charge in [-0.25, -0.2) is 13.8 Å². The van der Waals surface area contributed by atoms with E-state index < -0.39 is 11.6 Å². The number of ether oxygens (including phenoxy) is 1. The van der Waals surface area contributed by atoms with Gasteiger partial charge in [0, 0.05) is 18.7 Å². The van der Waals surface area contributed by atoms with E-state index >= 15 is 0 Å². The van der Waals surface area contributed by atoms with Gasteiger partial charge in [-0.3, -0.25) is 0 Å². The van der Waals surface area contributed by atoms with Gasteiger partial charge in [0.25, 0.3) is 0 Å². The van der Waals surface area contributed by atoms with Crippen molar-refractivity contribution in [2.24, 2.45) is 0 Å². The molecule has 2 aromatic rings. The maximum Gasteiger partial charge on any atom is 0.225 e. The fourth-order valence-corrected chi connectivity index (χ4v) is 1.86. The minimum atomic E-state index is -0.652. The van der Waals surface area contributed by atoms with Crippen molar-refractivity contribution in [3.05, 3.63) is 35.9 Å². The minimum Gasteiger partial charge on any atom is -0.436 e. The SMILES string of the molecule is CCNc1cc(Oc2cc(F)ccc2F)nc(SC)n1. The maximum absolute atomic E-state index is 13.5. The molecule has 0 saturated heterocycles. The van der Waals surface area contributed by atoms with Crippen molar-refractivity contribution in [2.45, 2.75) is 12.1 Å². The monoisotopic (exact) mass is 297 g/mol. The van der Waals surface area contributed by atoms with Gasteiger partial charge in [0.1, 0.15) is 11.6 Å². The number of hydrogen-bond acceptors (Lipinski definition) is 5. The quantitative estimate of drug-likeness (QED) is 0.673. The summed E-state index contributed by atoms with van der Waals surface area (Å²) in [7, 11) is 0. The maximum atomic E-state index is 13.5. The molecule has 20 heavy (non-hydrogen) atoms. The van der Waals surface area contributed by atoms with Gasteiger partial charge < -0.3 is 10.1 Å². The molecule has 0 aliphatic heterocycles. The Morgan fingerprint density at radius 3 is 2.75 bits per heavy atom. The largest absolute Gasteiger partial charge is 0.436 e. The summed E-state index contributed by atoms with van der Waals surface area (Å²) in [5.41, 5.74) is 0. The Balaban J connectivity index is 2.32. The summed E-state index contributed by atoms with van der Waals surface area (Å²) < 4.78 is 31.9. The topological polar surface area (TPSA) is 47.0 Å². The molecule has 0 radical (unpaired) electrons. The molecule has 0 amide bonds. The van der Waals surface area contributed by atoms with Crippen molar-refractivity contribution in [2.75, 3.05) is 18.1 Å². The number of aromatic nitrogens is 2. The van der Waals surface area contributed by atoms with Crippen LogP contribution in [0.1, 0.15) is 6.92 Å². The Labute approximate surface area is 119 Å². The third-order valence-electron chi connectivity index (χ3n) is 2.33. The number of nitrogens with zero attached hydrogens (tertiary/aromatic N) is 2. The molecule has 0 atom stereocenters. The van der Waals surface area contributed by atoms with Gasteiger partial charge in [-0.2, -0.15) is 4.98 Å². The second kappa shape index (κ2) is 6.51. The van der Waals surface area contributed by atoms with Gasteiger partial charge in [-0.05, 0) is 25.3 Å². The zero-order valence-electron chi connectivity index (χ0n) is 11.0. The summed E-state index contributed by atoms with van der Waals surface area (Å²) in [4.78, 5) is 8.32. The molecule has 1 heterocycles. The van der Waals surface area contributed by atoms with E-state index in [1.165, 1.54) is 17.8 Å². The molecule has 0 spiro atoms. The fourth-order valence-electron chi connectivity index (χ4n) is 1.49. The van der Waals surface area contributed by atoms with Crippen LogP contribution in [0.15, 0.2) is 29.4 Å². The van der Waals surface area contributed by atoms with Crippen LogP contribution < -0.4 is 10.1 Å². The summed E-state index contributed by atoms with van der Waals surface area (Å²) in [6, 6.07) is 4.54. The molecule has 1 aromatic heterocycles. The van der Waals surface area contributed by atoms with Crippen LogP contribution in [0, 0.1) is 11.6 Å². The van der Waals surface area contributed by atoms with Crippen molar-refractivity contribution < 1.29 is 13.5 Å². The highest BCUT2D eigenvalue weighted by molar-refractivity contribution is 7.98. The summed E-state index contributed by atoms with van der Waals surface area (Å²) in [6.07, 6.45) is 1.82. The Bertz CT molecular complexity index is 610. The Morgan fingerprint density at radius 1 is 1.25 bits per heavy atom. The number of halogens is 2. The number of nitrogens with one attached hydrogen (secondary N) is 1. The van der Waals surface area contributed by atoms with Gasteiger partial charge in [0.15, 0.2) is 16.7 Å². The molecule has 0 saturated carbocycles. The zero-order chi connectivity index (χ0) is 14.5. The first-order chi connectivity index (χ1) is 9.62. The van der Waals surface area contributed by atoms with E-state index in [1.54, 1.807) is 0 Å². The predicted molar refractivity (Wildman–Crippen MR) is 74.4 cm³/mol. The molecular weight excluding hydrogens is 284 g/mol. The smallest absolute Gasteiger partial charge is 0.225 e. The third-order valence-corrected chi connectivity index (χ3v) is 2.88. The lowest BCUT2D eigenvalue weighted by Gasteiger charge is -2.09. The van der Waals surface area contributed by atoms with Crippen LogP contribution in [0.4, 0.5) is 14.6 Å². The molecule has 106 valence electrons. The van der Waals surface area contributed by atoms with Crippen LogP contribution in [0.2, 0.25) is 0 Å². The van der Waals surface area contributed by atoms with Gasteiger partial charge >= 0.3 is 0 Å². The minimum absolute atomic E-state index is 0.157. The molecule has 1 aromatic carbocycles. The second-order valence-electron chi connectivity index (χ2n) is 3.79. The standard InChI is InChI=1S/C13H13F2N3OS/c1-3-16-11-7-12(18-13(17-11)20-2)19-10-6-8(14)4-5-9(10)15/h4-7H,3H2,1-2H3,(H,16,17,18). The van der Waals surface area contributed by atoms with E-state index in [9.17, 15) is 8.78 Å². The first-order valence-corrected chi connectivity index (χ1v) is 7.14. The molecular formula is C13H13F2N3OS. The number of thioether (sulfide) groups is 1. The normalized spacial score (nSPS) is 10.4. The lowest BCUT2D eigenvalue weighted by Crippen LogP contribution is -2.02. The summed E-state index contributed by atoms with van der Waals surface area (Å²) >= 11 is 1.33. The van der Waals surface area contributed by atoms with Crippen LogP contribution in [-0.4, -0.2) is 22.8 Å². The molecule has 1 N–H and O–H groups in total. The van der Waals surface area contributed by atoms with Crippen LogP contribution in [0.5, 0.6) is 11.6 Å². The fraction of sp³-hybridized carbons (Fsp3) is 0.231. The van der Waals surface area contributed by atoms with Crippen molar-refractivity contribution in [3.63, 3.8) is 0 Å². The number of rotatable bonds is 5. The summed E-state index contributed by atoms with van der Waals surface area (Å²) in [6.45, 7) is 2.60. The first-order valence-electron chi connectivity index (χ1n) is 5.92. The number of anilines is 1. The molecule has 7 heteroatoms. The lowest BCUT2D eigenvalue weighted by molar-refractivity contribution is 0.418. The van der Waals surface area contributed by atoms with E-state index in [1.807, 2.05) is 13.2 Å². The molecule has 0 fully saturated rings. The summed E-state index contributed by atoms with van der Waals surface area (Å²) in [5.74, 6) is -0.713. The molecule has 2 rings (SSSR count). The van der Waals surface area contributed by atoms with Gasteiger partial charge in [-0.15, -0.1) is 0 Å². The van der Waals surface area contributed by atoms with E-state index in [2.05, 4.69) is 15.3 Å². The third kappa shape index (κ3) is 3.57. The highest BCUT2D eigenvalue weighted by Gasteiger charge is 2.10. The lowest BCUT2D eigenvalue weighted by atomic mass is 10.3. The highest BCUT2D eigenvalue weighted by atomic mass is 32.2. The first kappa shape index (κ1) is 14.5. The Kier molecular flexibility index (Phi) is 4.73. The second-order valence-corrected chi connectivity index (χ2v) is 4.56. The van der Waals surface area contributed by atoms with Crippen LogP contribution >= 0.6 is 11.8 Å². The van der Waals surface area contributed by atoms with E-state index in [0.29, 0.717) is 17.5 Å². The Morgan fingerprint density at radius 2 is 2.05 bits per heavy atom. The molecule has 4 nitrogen and oxygen atoms in total. The van der Waals surface area contributed by atoms with Gasteiger partial charge in [-0.1, -0.05) is 11.8 Å². The van der Waals surface area contributed by atoms with Crippen LogP contribution in [-0.2, 0) is 0 Å². The van der Waals surface area contributed by atoms with Crippen LogP contribution in [0.3, 0.4) is 0 Å². The predicted octanol–water partition coefficient (Wildman–Crippen LogP) is 3.70. The van der Waals surface area contributed by atoms with Crippen molar-refractivity contribution in [1.29, 1.82) is 0 Å². The van der Waals surface area contributed by atoms with E-state index in [4.69, 9.17) is 4.74 Å². The molecule has 0 bridgehead atoms. The number of hydrogen-bond donors (Lipinski definition) is 1. The van der Waals surface area contributed by atoms with E-state index in [0.717, 1.165) is 18.2 Å². The zero-order valence-corrected chi connectivity index (χ0v) is 11.8. The van der Waals surface area contributed by atoms with Crippen molar-refractivity contribution in [1.82, 2.24) is 9.97 Å². The average molecular weight is 297 g/mol. The van der Waals surface area contributed by atoms with E-state index in [-0.39, 0.29) is 11.6 Å². The molecule has 0 unspecified atom stereocenters. The van der Waals surface area contributed by atoms with Gasteiger partial charge in [0.2, 0.25) is 5.88 Å². The number of benzene rings is 1. The summed E-state index contributed by atoms with van der Waals surface area (Å²) in [5, 5.41) is 3.50. The van der Waals surface area contributed by atoms with Crippen molar-refractivity contribution >= 4 is 17.6 Å². The molecule has 0 aliphatic rings. The van der Waals surface area contributed by atoms with Gasteiger partial charge in [0.05, 0.1) is 0 Å². The Hall–Kier alpha value is -1.89. The van der Waals surface area contributed by atoms with Crippen molar-refractivity contribution in [3.8, 4) is 11.6 Å². The van der Waals surface area contributed by atoms with Crippen LogP contribution in [0.25, 0.3) is 0 Å². The highest BCUT2D eigenvalue weighted by Crippen LogP contribution is 2.26. The molecule has 0 aliphatic carbocycles.